The third kappa shape index (κ3) is 3.30. The number of ether oxygens (including phenoxy) is 2. The van der Waals surface area contributed by atoms with Gasteiger partial charge in [0, 0.05) is 6.07 Å². The zero-order valence-corrected chi connectivity index (χ0v) is 10.4. The Morgan fingerprint density at radius 3 is 2.52 bits per heavy atom. The maximum absolute atomic E-state index is 13.8. The highest BCUT2D eigenvalue weighted by molar-refractivity contribution is 5.94. The van der Waals surface area contributed by atoms with Crippen molar-refractivity contribution in [2.45, 2.75) is 6.11 Å². The van der Waals surface area contributed by atoms with Crippen LogP contribution in [0.3, 0.4) is 0 Å². The monoisotopic (exact) mass is 312 g/mol. The van der Waals surface area contributed by atoms with E-state index in [0.29, 0.717) is 6.07 Å². The molecule has 7 nitrogen and oxygen atoms in total. The number of nitrogens with two attached hydrogens (primary N) is 1. The van der Waals surface area contributed by atoms with Crippen LogP contribution in [-0.2, 0) is 4.74 Å². The smallest absolute Gasteiger partial charge is 0.427 e. The van der Waals surface area contributed by atoms with Crippen LogP contribution in [0.1, 0.15) is 10.4 Å². The largest absolute Gasteiger partial charge is 0.465 e. The molecular weight excluding hydrogens is 304 g/mol. The molecule has 0 fully saturated rings. The van der Waals surface area contributed by atoms with Crippen LogP contribution in [0.25, 0.3) is 0 Å². The summed E-state index contributed by atoms with van der Waals surface area (Å²) in [6.45, 7) is -2.32. The van der Waals surface area contributed by atoms with Crippen molar-refractivity contribution in [3.05, 3.63) is 27.6 Å². The van der Waals surface area contributed by atoms with E-state index in [1.165, 1.54) is 0 Å². The minimum Gasteiger partial charge on any atom is -0.465 e. The highest BCUT2D eigenvalue weighted by atomic mass is 19.3. The van der Waals surface area contributed by atoms with Gasteiger partial charge in [-0.15, -0.1) is 0 Å². The number of carbonyl (C=O) groups is 1. The number of nitro benzene ring substituents is 1. The molecule has 0 spiro atoms. The predicted octanol–water partition coefficient (Wildman–Crippen LogP) is 2.04. The van der Waals surface area contributed by atoms with Crippen molar-refractivity contribution in [3.8, 4) is 5.75 Å². The van der Waals surface area contributed by atoms with Crippen LogP contribution in [0.2, 0.25) is 0 Å². The number of halogens is 4. The molecule has 0 bridgehead atoms. The minimum atomic E-state index is -4.45. The highest BCUT2D eigenvalue weighted by Crippen LogP contribution is 2.37. The van der Waals surface area contributed by atoms with Gasteiger partial charge < -0.3 is 15.2 Å². The number of methoxy groups -OCH3 is 1. The number of nitrogen functional groups attached to an aromatic ring is 1. The van der Waals surface area contributed by atoms with E-state index in [2.05, 4.69) is 9.47 Å². The molecule has 0 saturated heterocycles. The Hall–Kier alpha value is -2.59. The number of carbonyl (C=O) groups excluding carboxylic acids is 1. The van der Waals surface area contributed by atoms with Gasteiger partial charge in [0.25, 0.3) is 5.69 Å². The van der Waals surface area contributed by atoms with E-state index in [1.54, 1.807) is 0 Å². The second-order valence-electron chi connectivity index (χ2n) is 3.62. The second-order valence-corrected chi connectivity index (χ2v) is 3.62. The quantitative estimate of drug-likeness (QED) is 0.293. The fourth-order valence-corrected chi connectivity index (χ4v) is 1.32. The van der Waals surface area contributed by atoms with Crippen LogP contribution in [-0.4, -0.2) is 30.8 Å². The Kier molecular flexibility index (Phi) is 4.55. The summed E-state index contributed by atoms with van der Waals surface area (Å²) >= 11 is 0. The summed E-state index contributed by atoms with van der Waals surface area (Å²) < 4.78 is 59.6. The fourth-order valence-electron chi connectivity index (χ4n) is 1.32. The number of hydrogen-bond donors (Lipinski definition) is 1. The van der Waals surface area contributed by atoms with Crippen molar-refractivity contribution >= 4 is 17.3 Å². The van der Waals surface area contributed by atoms with E-state index in [9.17, 15) is 32.5 Å². The summed E-state index contributed by atoms with van der Waals surface area (Å²) in [5, 5.41) is 10.6. The molecule has 0 atom stereocenters. The number of rotatable bonds is 5. The lowest BCUT2D eigenvalue weighted by Gasteiger charge is -2.17. The summed E-state index contributed by atoms with van der Waals surface area (Å²) in [7, 11) is 0.819. The first kappa shape index (κ1) is 16.5. The molecule has 21 heavy (non-hydrogen) atoms. The van der Waals surface area contributed by atoms with E-state index in [-0.39, 0.29) is 0 Å². The Bertz CT molecular complexity index is 593. The van der Waals surface area contributed by atoms with E-state index >= 15 is 0 Å². The number of hydrogen-bond acceptors (Lipinski definition) is 6. The molecule has 1 aromatic rings. The van der Waals surface area contributed by atoms with Crippen LogP contribution >= 0.6 is 0 Å². The molecule has 0 amide bonds. The summed E-state index contributed by atoms with van der Waals surface area (Å²) in [6.07, 6.45) is -4.45. The van der Waals surface area contributed by atoms with Gasteiger partial charge in [-0.3, -0.25) is 10.1 Å². The fraction of sp³-hybridized carbons (Fsp3) is 0.300. The summed E-state index contributed by atoms with van der Waals surface area (Å²) in [5.41, 5.74) is 1.85. The lowest BCUT2D eigenvalue weighted by molar-refractivity contribution is -0.384. The summed E-state index contributed by atoms with van der Waals surface area (Å²) in [4.78, 5) is 20.9. The van der Waals surface area contributed by atoms with Gasteiger partial charge in [0.15, 0.2) is 23.9 Å². The van der Waals surface area contributed by atoms with Gasteiger partial charge >= 0.3 is 12.1 Å². The van der Waals surface area contributed by atoms with Gasteiger partial charge in [0.2, 0.25) is 0 Å². The maximum atomic E-state index is 13.8. The van der Waals surface area contributed by atoms with Crippen LogP contribution in [0, 0.1) is 15.9 Å². The second kappa shape index (κ2) is 5.81. The van der Waals surface area contributed by atoms with Crippen molar-refractivity contribution in [1.29, 1.82) is 0 Å². The number of esters is 1. The van der Waals surface area contributed by atoms with Crippen LogP contribution < -0.4 is 10.5 Å². The molecule has 0 saturated carbocycles. The SMILES string of the molecule is COC(=O)c1cc([N+](=O)[O-])c(N)c(F)c1OC(F)(F)CF. The number of alkyl halides is 3. The third-order valence-electron chi connectivity index (χ3n) is 2.25. The van der Waals surface area contributed by atoms with Gasteiger partial charge in [-0.05, 0) is 0 Å². The Balaban J connectivity index is 3.57. The Morgan fingerprint density at radius 1 is 1.52 bits per heavy atom. The number of nitro groups is 1. The van der Waals surface area contributed by atoms with Crippen molar-refractivity contribution in [2.24, 2.45) is 0 Å². The zero-order valence-electron chi connectivity index (χ0n) is 10.4. The molecule has 1 aromatic carbocycles. The molecular formula is C10H8F4N2O5. The average molecular weight is 312 g/mol. The number of anilines is 1. The van der Waals surface area contributed by atoms with Crippen molar-refractivity contribution < 1.29 is 36.8 Å². The van der Waals surface area contributed by atoms with Crippen LogP contribution in [0.5, 0.6) is 5.75 Å². The highest BCUT2D eigenvalue weighted by Gasteiger charge is 2.37. The van der Waals surface area contributed by atoms with Gasteiger partial charge in [0.1, 0.15) is 5.56 Å². The molecule has 0 aromatic heterocycles. The average Bonchev–Trinajstić information content (AvgIpc) is 2.42. The molecule has 2 N–H and O–H groups in total. The Morgan fingerprint density at radius 2 is 2.10 bits per heavy atom. The summed E-state index contributed by atoms with van der Waals surface area (Å²) in [5.74, 6) is -4.63. The van der Waals surface area contributed by atoms with Crippen molar-refractivity contribution in [3.63, 3.8) is 0 Å². The third-order valence-corrected chi connectivity index (χ3v) is 2.25. The first-order valence-corrected chi connectivity index (χ1v) is 5.12. The molecule has 116 valence electrons. The first-order valence-electron chi connectivity index (χ1n) is 5.12. The van der Waals surface area contributed by atoms with Crippen LogP contribution in [0.4, 0.5) is 28.9 Å². The van der Waals surface area contributed by atoms with Gasteiger partial charge in [-0.25, -0.2) is 13.6 Å². The van der Waals surface area contributed by atoms with Crippen LogP contribution in [0.15, 0.2) is 6.07 Å². The van der Waals surface area contributed by atoms with E-state index in [4.69, 9.17) is 5.73 Å². The lowest BCUT2D eigenvalue weighted by Crippen LogP contribution is -2.29. The first-order chi connectivity index (χ1) is 9.64. The molecule has 11 heteroatoms. The minimum absolute atomic E-state index is 0.397. The van der Waals surface area contributed by atoms with Gasteiger partial charge in [0.05, 0.1) is 12.0 Å². The molecule has 0 unspecified atom stereocenters. The molecule has 0 aliphatic carbocycles. The normalized spacial score (nSPS) is 11.1. The van der Waals surface area contributed by atoms with E-state index in [0.717, 1.165) is 7.11 Å². The lowest BCUT2D eigenvalue weighted by atomic mass is 10.1. The molecule has 0 heterocycles. The van der Waals surface area contributed by atoms with Crippen molar-refractivity contribution in [2.75, 3.05) is 19.5 Å². The Labute approximate surface area is 114 Å². The van der Waals surface area contributed by atoms with E-state index in [1.807, 2.05) is 0 Å². The topological polar surface area (TPSA) is 105 Å². The summed E-state index contributed by atoms with van der Waals surface area (Å²) in [6, 6.07) is 0.397. The molecule has 0 aliphatic heterocycles. The number of benzene rings is 1. The maximum Gasteiger partial charge on any atom is 0.427 e. The molecule has 1 rings (SSSR count). The molecule has 0 aliphatic rings. The standard InChI is InChI=1S/C10H8F4N2O5/c1-20-9(17)4-2-5(16(18)19)7(15)6(12)8(4)21-10(13,14)3-11/h2H,3,15H2,1H3. The molecule has 0 radical (unpaired) electrons. The predicted molar refractivity (Wildman–Crippen MR) is 60.4 cm³/mol. The number of nitrogens with zero attached hydrogens (tertiary/aromatic N) is 1. The van der Waals surface area contributed by atoms with Gasteiger partial charge in [-0.2, -0.15) is 8.78 Å². The van der Waals surface area contributed by atoms with Crippen molar-refractivity contribution in [1.82, 2.24) is 0 Å². The zero-order chi connectivity index (χ0) is 16.4. The van der Waals surface area contributed by atoms with Gasteiger partial charge in [-0.1, -0.05) is 0 Å². The van der Waals surface area contributed by atoms with E-state index < -0.39 is 52.2 Å².